The van der Waals surface area contributed by atoms with Gasteiger partial charge in [-0.3, -0.25) is 9.36 Å². The lowest BCUT2D eigenvalue weighted by Gasteiger charge is -2.09. The molecular weight excluding hydrogens is 316 g/mol. The first kappa shape index (κ1) is 15.3. The number of halogens is 1. The van der Waals surface area contributed by atoms with Crippen LogP contribution in [0.3, 0.4) is 0 Å². The molecule has 3 aromatic rings. The monoisotopic (exact) mass is 332 g/mol. The van der Waals surface area contributed by atoms with Gasteiger partial charge in [-0.2, -0.15) is 15.2 Å². The molecule has 0 bridgehead atoms. The van der Waals surface area contributed by atoms with Crippen LogP contribution in [0.5, 0.6) is 0 Å². The van der Waals surface area contributed by atoms with E-state index in [1.165, 1.54) is 0 Å². The second kappa shape index (κ2) is 6.66. The largest absolute Gasteiger partial charge is 0.364 e. The number of nitrogens with one attached hydrogen (secondary N) is 2. The summed E-state index contributed by atoms with van der Waals surface area (Å²) in [7, 11) is 3.75. The van der Waals surface area contributed by atoms with E-state index in [0.29, 0.717) is 29.9 Å². The van der Waals surface area contributed by atoms with E-state index in [-0.39, 0.29) is 0 Å². The molecular formula is C14H17ClN8. The minimum Gasteiger partial charge on any atom is -0.364 e. The van der Waals surface area contributed by atoms with Gasteiger partial charge >= 0.3 is 0 Å². The Morgan fingerprint density at radius 3 is 2.13 bits per heavy atom. The molecule has 3 aromatic heterocycles. The van der Waals surface area contributed by atoms with E-state index in [2.05, 4.69) is 30.8 Å². The molecule has 9 heteroatoms. The summed E-state index contributed by atoms with van der Waals surface area (Å²) in [5.41, 5.74) is 2.10. The van der Waals surface area contributed by atoms with Crippen LogP contribution in [0.2, 0.25) is 5.02 Å². The third kappa shape index (κ3) is 3.98. The first-order valence-electron chi connectivity index (χ1n) is 7.05. The van der Waals surface area contributed by atoms with Crippen LogP contribution in [0.1, 0.15) is 11.1 Å². The number of hydrogen-bond acceptors (Lipinski definition) is 6. The molecule has 0 unspecified atom stereocenters. The van der Waals surface area contributed by atoms with Gasteiger partial charge in [0.15, 0.2) is 5.82 Å². The minimum atomic E-state index is 0.473. The summed E-state index contributed by atoms with van der Waals surface area (Å²) in [5.74, 6) is 1.09. The van der Waals surface area contributed by atoms with E-state index in [4.69, 9.17) is 11.6 Å². The molecule has 0 saturated heterocycles. The van der Waals surface area contributed by atoms with Gasteiger partial charge in [0.2, 0.25) is 5.95 Å². The van der Waals surface area contributed by atoms with Crippen LogP contribution in [-0.2, 0) is 27.2 Å². The van der Waals surface area contributed by atoms with Crippen molar-refractivity contribution < 1.29 is 0 Å². The SMILES string of the molecule is Cn1cc(CNc2ncc(Cl)c(NCc3cnn(C)c3)n2)cn1. The number of hydrogen-bond donors (Lipinski definition) is 2. The van der Waals surface area contributed by atoms with Gasteiger partial charge < -0.3 is 10.6 Å². The molecule has 0 aliphatic heterocycles. The smallest absolute Gasteiger partial charge is 0.224 e. The van der Waals surface area contributed by atoms with Crippen LogP contribution in [0, 0.1) is 0 Å². The molecule has 3 rings (SSSR count). The van der Waals surface area contributed by atoms with Gasteiger partial charge in [-0.1, -0.05) is 11.6 Å². The predicted octanol–water partition coefficient (Wildman–Crippen LogP) is 1.82. The van der Waals surface area contributed by atoms with Crippen LogP contribution in [0.25, 0.3) is 0 Å². The Hall–Kier alpha value is -2.61. The molecule has 0 atom stereocenters. The fraction of sp³-hybridized carbons (Fsp3) is 0.286. The molecule has 2 N–H and O–H groups in total. The maximum atomic E-state index is 6.14. The Labute approximate surface area is 138 Å². The number of aryl methyl sites for hydroxylation is 2. The Kier molecular flexibility index (Phi) is 4.42. The highest BCUT2D eigenvalue weighted by Crippen LogP contribution is 2.20. The Morgan fingerprint density at radius 1 is 0.957 bits per heavy atom. The zero-order valence-corrected chi connectivity index (χ0v) is 13.6. The van der Waals surface area contributed by atoms with Crippen molar-refractivity contribution in [2.75, 3.05) is 10.6 Å². The van der Waals surface area contributed by atoms with Crippen molar-refractivity contribution in [3.8, 4) is 0 Å². The lowest BCUT2D eigenvalue weighted by Crippen LogP contribution is -2.07. The standard InChI is InChI=1S/C14H17ClN8/c1-22-8-10(5-19-22)3-16-13-12(15)7-18-14(21-13)17-4-11-6-20-23(2)9-11/h5-9H,3-4H2,1-2H3,(H2,16,17,18,21). The van der Waals surface area contributed by atoms with E-state index in [1.807, 2.05) is 26.5 Å². The predicted molar refractivity (Wildman–Crippen MR) is 88.1 cm³/mol. The van der Waals surface area contributed by atoms with E-state index >= 15 is 0 Å². The highest BCUT2D eigenvalue weighted by atomic mass is 35.5. The second-order valence-electron chi connectivity index (χ2n) is 5.14. The van der Waals surface area contributed by atoms with Gasteiger partial charge in [-0.05, 0) is 0 Å². The average Bonchev–Trinajstić information content (AvgIpc) is 3.13. The molecule has 0 aromatic carbocycles. The highest BCUT2D eigenvalue weighted by molar-refractivity contribution is 6.32. The number of nitrogens with zero attached hydrogens (tertiary/aromatic N) is 6. The summed E-state index contributed by atoms with van der Waals surface area (Å²) >= 11 is 6.14. The first-order valence-corrected chi connectivity index (χ1v) is 7.43. The van der Waals surface area contributed by atoms with Gasteiger partial charge in [-0.15, -0.1) is 0 Å². The van der Waals surface area contributed by atoms with Crippen molar-refractivity contribution in [1.29, 1.82) is 0 Å². The van der Waals surface area contributed by atoms with Gasteiger partial charge in [0, 0.05) is 50.7 Å². The van der Waals surface area contributed by atoms with Crippen molar-refractivity contribution >= 4 is 23.4 Å². The van der Waals surface area contributed by atoms with E-state index < -0.39 is 0 Å². The molecule has 120 valence electrons. The van der Waals surface area contributed by atoms with Crippen LogP contribution in [0.15, 0.2) is 31.0 Å². The molecule has 0 saturated carbocycles. The highest BCUT2D eigenvalue weighted by Gasteiger charge is 2.06. The summed E-state index contributed by atoms with van der Waals surface area (Å²) in [4.78, 5) is 8.58. The topological polar surface area (TPSA) is 85.5 Å². The number of anilines is 2. The normalized spacial score (nSPS) is 10.7. The van der Waals surface area contributed by atoms with E-state index in [9.17, 15) is 0 Å². The average molecular weight is 333 g/mol. The van der Waals surface area contributed by atoms with Gasteiger partial charge in [0.05, 0.1) is 18.6 Å². The van der Waals surface area contributed by atoms with E-state index in [0.717, 1.165) is 11.1 Å². The Morgan fingerprint density at radius 2 is 1.57 bits per heavy atom. The van der Waals surface area contributed by atoms with Crippen LogP contribution in [0.4, 0.5) is 11.8 Å². The molecule has 3 heterocycles. The zero-order valence-electron chi connectivity index (χ0n) is 12.9. The zero-order chi connectivity index (χ0) is 16.2. The summed E-state index contributed by atoms with van der Waals surface area (Å²) in [6.07, 6.45) is 9.04. The Bertz CT molecular complexity index is 794. The number of rotatable bonds is 6. The van der Waals surface area contributed by atoms with Crippen LogP contribution >= 0.6 is 11.6 Å². The molecule has 0 aliphatic rings. The fourth-order valence-corrected chi connectivity index (χ4v) is 2.23. The molecule has 0 spiro atoms. The van der Waals surface area contributed by atoms with Gasteiger partial charge in [-0.25, -0.2) is 4.98 Å². The van der Waals surface area contributed by atoms with E-state index in [1.54, 1.807) is 28.0 Å². The van der Waals surface area contributed by atoms with Crippen molar-refractivity contribution in [3.05, 3.63) is 47.1 Å². The second-order valence-corrected chi connectivity index (χ2v) is 5.55. The maximum Gasteiger partial charge on any atom is 0.224 e. The molecule has 0 aliphatic carbocycles. The van der Waals surface area contributed by atoms with Crippen LogP contribution in [-0.4, -0.2) is 29.5 Å². The number of aromatic nitrogens is 6. The van der Waals surface area contributed by atoms with Gasteiger partial charge in [0.1, 0.15) is 5.02 Å². The Balaban J connectivity index is 1.63. The van der Waals surface area contributed by atoms with Gasteiger partial charge in [0.25, 0.3) is 0 Å². The van der Waals surface area contributed by atoms with Crippen molar-refractivity contribution in [2.24, 2.45) is 14.1 Å². The summed E-state index contributed by atoms with van der Waals surface area (Å²) < 4.78 is 3.50. The van der Waals surface area contributed by atoms with Crippen molar-refractivity contribution in [1.82, 2.24) is 29.5 Å². The summed E-state index contributed by atoms with van der Waals surface area (Å²) in [6, 6.07) is 0. The first-order chi connectivity index (χ1) is 11.1. The summed E-state index contributed by atoms with van der Waals surface area (Å²) in [6.45, 7) is 1.18. The fourth-order valence-electron chi connectivity index (χ4n) is 2.07. The third-order valence-electron chi connectivity index (χ3n) is 3.17. The molecule has 0 radical (unpaired) electrons. The molecule has 0 fully saturated rings. The molecule has 8 nitrogen and oxygen atoms in total. The van der Waals surface area contributed by atoms with Crippen LogP contribution < -0.4 is 10.6 Å². The lowest BCUT2D eigenvalue weighted by atomic mass is 10.3. The summed E-state index contributed by atoms with van der Waals surface area (Å²) in [5, 5.41) is 15.1. The minimum absolute atomic E-state index is 0.473. The molecule has 0 amide bonds. The van der Waals surface area contributed by atoms with Crippen molar-refractivity contribution in [3.63, 3.8) is 0 Å². The maximum absolute atomic E-state index is 6.14. The third-order valence-corrected chi connectivity index (χ3v) is 3.45. The lowest BCUT2D eigenvalue weighted by molar-refractivity contribution is 0.767. The molecule has 23 heavy (non-hydrogen) atoms. The van der Waals surface area contributed by atoms with Crippen molar-refractivity contribution in [2.45, 2.75) is 13.1 Å². The quantitative estimate of drug-likeness (QED) is 0.716.